The molecule has 4 fully saturated rings. The predicted octanol–water partition coefficient (Wildman–Crippen LogP) is 5.55. The van der Waals surface area contributed by atoms with Crippen LogP contribution in [0.25, 0.3) is 0 Å². The number of carbonyl (C=O) groups is 1. The number of aliphatic hydroxyl groups is 2. The summed E-state index contributed by atoms with van der Waals surface area (Å²) in [7, 11) is 0. The van der Waals surface area contributed by atoms with E-state index in [0.29, 0.717) is 24.7 Å². The molecule has 0 aromatic carbocycles. The van der Waals surface area contributed by atoms with Crippen molar-refractivity contribution in [1.82, 2.24) is 0 Å². The first kappa shape index (κ1) is 25.5. The van der Waals surface area contributed by atoms with Gasteiger partial charge in [0.25, 0.3) is 0 Å². The Bertz CT molecular complexity index is 946. The zero-order chi connectivity index (χ0) is 25.6. The van der Waals surface area contributed by atoms with Crippen molar-refractivity contribution in [3.05, 3.63) is 23.3 Å². The van der Waals surface area contributed by atoms with Crippen molar-refractivity contribution in [2.75, 3.05) is 0 Å². The Morgan fingerprint density at radius 3 is 2.46 bits per heavy atom. The molecule has 0 spiro atoms. The quantitative estimate of drug-likeness (QED) is 0.395. The van der Waals surface area contributed by atoms with Gasteiger partial charge in [-0.3, -0.25) is 4.79 Å². The molecule has 196 valence electrons. The molecule has 35 heavy (non-hydrogen) atoms. The van der Waals surface area contributed by atoms with Gasteiger partial charge < -0.3 is 19.7 Å². The number of hydrogen-bond acceptors (Lipinski definition) is 5. The van der Waals surface area contributed by atoms with Crippen LogP contribution in [-0.4, -0.2) is 40.3 Å². The van der Waals surface area contributed by atoms with Crippen LogP contribution in [0.4, 0.5) is 0 Å². The molecule has 2 N–H and O–H groups in total. The summed E-state index contributed by atoms with van der Waals surface area (Å²) in [5.41, 5.74) is 1.56. The lowest BCUT2D eigenvalue weighted by Crippen LogP contribution is -2.63. The second-order valence-corrected chi connectivity index (χ2v) is 13.8. The van der Waals surface area contributed by atoms with Gasteiger partial charge in [-0.2, -0.15) is 0 Å². The van der Waals surface area contributed by atoms with E-state index in [1.807, 2.05) is 13.8 Å². The minimum absolute atomic E-state index is 0.0229. The van der Waals surface area contributed by atoms with E-state index in [0.717, 1.165) is 32.1 Å². The maximum Gasteiger partial charge on any atom is 0.306 e. The zero-order valence-electron chi connectivity index (χ0n) is 22.8. The monoisotopic (exact) mass is 486 g/mol. The van der Waals surface area contributed by atoms with Crippen LogP contribution in [0.2, 0.25) is 0 Å². The highest BCUT2D eigenvalue weighted by Crippen LogP contribution is 2.72. The van der Waals surface area contributed by atoms with Crippen LogP contribution in [0.3, 0.4) is 0 Å². The number of rotatable bonds is 2. The van der Waals surface area contributed by atoms with E-state index in [1.165, 1.54) is 11.1 Å². The lowest BCUT2D eigenvalue weighted by atomic mass is 9.40. The fraction of sp³-hybridized carbons (Fsp3) is 0.833. The first-order valence-electron chi connectivity index (χ1n) is 13.8. The van der Waals surface area contributed by atoms with E-state index in [9.17, 15) is 15.0 Å². The normalized spacial score (nSPS) is 50.8. The van der Waals surface area contributed by atoms with Crippen LogP contribution in [0.5, 0.6) is 0 Å². The Balaban J connectivity index is 1.48. The van der Waals surface area contributed by atoms with Gasteiger partial charge in [0.15, 0.2) is 6.29 Å². The third-order valence-electron chi connectivity index (χ3n) is 11.3. The number of aliphatic hydroxyl groups excluding tert-OH is 2. The summed E-state index contributed by atoms with van der Waals surface area (Å²) in [6, 6.07) is 0. The second kappa shape index (κ2) is 8.16. The standard InChI is InChI=1S/C30H46O5/c1-17(2)14-18-15-19(26(33)34-18)20-8-9-21-28(20,5)12-10-22-29(6)13-11-25(32)35-27(3,4)23(29)16-24(31)30(21,22)7/h9,14,18-20,22-24,26,31,33H,8,10-13,15-16H2,1-7H3/t18-,19-,20-,22+,23-,24+,26+,28-,29+,30-/m0/s1. The topological polar surface area (TPSA) is 76.0 Å². The van der Waals surface area contributed by atoms with Crippen LogP contribution >= 0.6 is 0 Å². The van der Waals surface area contributed by atoms with Gasteiger partial charge in [0, 0.05) is 23.7 Å². The minimum Gasteiger partial charge on any atom is -0.459 e. The second-order valence-electron chi connectivity index (χ2n) is 13.8. The summed E-state index contributed by atoms with van der Waals surface area (Å²) < 4.78 is 11.9. The van der Waals surface area contributed by atoms with Crippen molar-refractivity contribution in [1.29, 1.82) is 0 Å². The predicted molar refractivity (Wildman–Crippen MR) is 135 cm³/mol. The highest BCUT2D eigenvalue weighted by Gasteiger charge is 2.68. The first-order chi connectivity index (χ1) is 16.2. The number of esters is 1. The van der Waals surface area contributed by atoms with Crippen LogP contribution in [0.15, 0.2) is 23.3 Å². The molecule has 5 nitrogen and oxygen atoms in total. The molecule has 0 amide bonds. The average Bonchev–Trinajstić information content (AvgIpc) is 3.25. The van der Waals surface area contributed by atoms with Gasteiger partial charge in [-0.15, -0.1) is 0 Å². The van der Waals surface area contributed by atoms with Crippen molar-refractivity contribution in [2.45, 2.75) is 118 Å². The third-order valence-corrected chi connectivity index (χ3v) is 11.3. The number of allylic oxidation sites excluding steroid dienone is 2. The molecule has 3 aliphatic carbocycles. The smallest absolute Gasteiger partial charge is 0.306 e. The Labute approximate surface area is 211 Å². The molecule has 2 saturated carbocycles. The van der Waals surface area contributed by atoms with Crippen LogP contribution in [0.1, 0.15) is 93.4 Å². The van der Waals surface area contributed by atoms with Crippen LogP contribution < -0.4 is 0 Å². The van der Waals surface area contributed by atoms with E-state index in [1.54, 1.807) is 0 Å². The number of hydrogen-bond donors (Lipinski definition) is 2. The van der Waals surface area contributed by atoms with Crippen LogP contribution in [0, 0.1) is 39.9 Å². The molecule has 0 unspecified atom stereocenters. The number of cyclic esters (lactones) is 1. The van der Waals surface area contributed by atoms with E-state index in [-0.39, 0.29) is 40.2 Å². The molecular formula is C30H46O5. The summed E-state index contributed by atoms with van der Waals surface area (Å²) in [5, 5.41) is 22.8. The Hall–Kier alpha value is -1.17. The van der Waals surface area contributed by atoms with Crippen molar-refractivity contribution >= 4 is 5.97 Å². The Morgan fingerprint density at radius 2 is 1.77 bits per heavy atom. The van der Waals surface area contributed by atoms with E-state index < -0.39 is 18.0 Å². The van der Waals surface area contributed by atoms with Gasteiger partial charge in [0.2, 0.25) is 0 Å². The van der Waals surface area contributed by atoms with Gasteiger partial charge >= 0.3 is 5.97 Å². The molecule has 0 bridgehead atoms. The molecule has 2 saturated heterocycles. The molecular weight excluding hydrogens is 440 g/mol. The molecule has 2 heterocycles. The molecule has 10 atom stereocenters. The fourth-order valence-corrected chi connectivity index (χ4v) is 9.85. The first-order valence-corrected chi connectivity index (χ1v) is 13.8. The summed E-state index contributed by atoms with van der Waals surface area (Å²) in [4.78, 5) is 12.5. The minimum atomic E-state index is -0.736. The Kier molecular flexibility index (Phi) is 5.94. The van der Waals surface area contributed by atoms with Crippen molar-refractivity contribution < 1.29 is 24.5 Å². The summed E-state index contributed by atoms with van der Waals surface area (Å²) in [6.45, 7) is 15.3. The largest absolute Gasteiger partial charge is 0.459 e. The summed E-state index contributed by atoms with van der Waals surface area (Å²) in [5.74, 6) is 0.726. The van der Waals surface area contributed by atoms with Gasteiger partial charge in [0.1, 0.15) is 5.60 Å². The summed E-state index contributed by atoms with van der Waals surface area (Å²) in [6.07, 6.45) is 9.09. The lowest BCUT2D eigenvalue weighted by molar-refractivity contribution is -0.195. The molecule has 0 aromatic rings. The molecule has 5 aliphatic rings. The van der Waals surface area contributed by atoms with E-state index in [4.69, 9.17) is 9.47 Å². The highest BCUT2D eigenvalue weighted by molar-refractivity contribution is 5.70. The zero-order valence-corrected chi connectivity index (χ0v) is 22.8. The maximum atomic E-state index is 12.5. The number of ether oxygens (including phenoxy) is 2. The third kappa shape index (κ3) is 3.62. The number of carbonyl (C=O) groups excluding carboxylic acids is 1. The van der Waals surface area contributed by atoms with Gasteiger partial charge in [-0.05, 0) is 88.9 Å². The SMILES string of the molecule is CC(C)=C[C@H]1C[C@@H]([C@@H]2CC=C3[C@]4(C)[C@H](O)C[C@H]5C(C)(C)OC(=O)CC[C@]5(C)[C@H]4CC[C@]32C)[C@H](O)O1. The van der Waals surface area contributed by atoms with Gasteiger partial charge in [-0.25, -0.2) is 0 Å². The molecule has 0 radical (unpaired) electrons. The number of fused-ring (bicyclic) bond motifs is 5. The molecule has 0 aromatic heterocycles. The Morgan fingerprint density at radius 1 is 1.06 bits per heavy atom. The fourth-order valence-electron chi connectivity index (χ4n) is 9.85. The van der Waals surface area contributed by atoms with Crippen molar-refractivity contribution in [2.24, 2.45) is 39.9 Å². The van der Waals surface area contributed by atoms with E-state index >= 15 is 0 Å². The van der Waals surface area contributed by atoms with Gasteiger partial charge in [-0.1, -0.05) is 44.1 Å². The highest BCUT2D eigenvalue weighted by atomic mass is 16.6. The molecule has 2 aliphatic heterocycles. The van der Waals surface area contributed by atoms with E-state index in [2.05, 4.69) is 46.8 Å². The average molecular weight is 487 g/mol. The lowest BCUT2D eigenvalue weighted by Gasteiger charge is -2.65. The van der Waals surface area contributed by atoms with Gasteiger partial charge in [0.05, 0.1) is 12.2 Å². The molecule has 5 heteroatoms. The maximum absolute atomic E-state index is 12.5. The van der Waals surface area contributed by atoms with Crippen molar-refractivity contribution in [3.63, 3.8) is 0 Å². The molecule has 5 rings (SSSR count). The summed E-state index contributed by atoms with van der Waals surface area (Å²) >= 11 is 0. The van der Waals surface area contributed by atoms with Crippen molar-refractivity contribution in [3.8, 4) is 0 Å². The van der Waals surface area contributed by atoms with Crippen LogP contribution in [-0.2, 0) is 14.3 Å².